The Morgan fingerprint density at radius 2 is 2.20 bits per heavy atom. The van der Waals surface area contributed by atoms with Crippen LogP contribution in [0.2, 0.25) is 10.0 Å². The van der Waals surface area contributed by atoms with Crippen LogP contribution >= 0.6 is 34.5 Å². The van der Waals surface area contributed by atoms with Gasteiger partial charge in [-0.25, -0.2) is 4.98 Å². The van der Waals surface area contributed by atoms with E-state index in [4.69, 9.17) is 27.9 Å². The van der Waals surface area contributed by atoms with Crippen LogP contribution in [0.25, 0.3) is 0 Å². The molecule has 0 spiro atoms. The molecule has 20 heavy (non-hydrogen) atoms. The third-order valence-corrected chi connectivity index (χ3v) is 3.96. The Labute approximate surface area is 130 Å². The van der Waals surface area contributed by atoms with Crippen molar-refractivity contribution in [2.75, 3.05) is 11.9 Å². The zero-order valence-corrected chi connectivity index (χ0v) is 13.2. The number of rotatable bonds is 4. The van der Waals surface area contributed by atoms with Crippen molar-refractivity contribution in [3.05, 3.63) is 39.8 Å². The molecule has 1 amide bonds. The van der Waals surface area contributed by atoms with Crippen molar-refractivity contribution in [1.29, 1.82) is 0 Å². The van der Waals surface area contributed by atoms with Crippen LogP contribution in [0, 0.1) is 0 Å². The second kappa shape index (κ2) is 6.43. The highest BCUT2D eigenvalue weighted by molar-refractivity contribution is 7.13. The molecule has 1 atom stereocenters. The Hall–Kier alpha value is -1.30. The first-order chi connectivity index (χ1) is 9.49. The molecule has 0 aliphatic heterocycles. The van der Waals surface area contributed by atoms with Crippen molar-refractivity contribution in [2.45, 2.75) is 13.0 Å². The molecule has 1 aromatic carbocycles. The smallest absolute Gasteiger partial charge is 0.269 e. The number of carbonyl (C=O) groups excluding carboxylic acids is 1. The Balaban J connectivity index is 2.07. The largest absolute Gasteiger partial charge is 0.479 e. The van der Waals surface area contributed by atoms with Crippen molar-refractivity contribution in [1.82, 2.24) is 4.98 Å². The van der Waals surface area contributed by atoms with Gasteiger partial charge in [0.1, 0.15) is 5.75 Å². The number of halogens is 2. The fourth-order valence-electron chi connectivity index (χ4n) is 1.56. The highest BCUT2D eigenvalue weighted by atomic mass is 35.5. The molecule has 7 heteroatoms. The van der Waals surface area contributed by atoms with Crippen LogP contribution in [0.5, 0.6) is 5.75 Å². The third-order valence-electron chi connectivity index (χ3n) is 2.58. The molecule has 0 saturated heterocycles. The van der Waals surface area contributed by atoms with Crippen molar-refractivity contribution >= 4 is 45.6 Å². The zero-order chi connectivity index (χ0) is 14.7. The standard InChI is InChI=1S/C13H12Cl2N2O2S/c1-8(12(18)17(2)13-16-5-6-20-13)19-11-4-3-9(14)7-10(11)15/h3-8H,1-2H3/t8-/m1/s1. The van der Waals surface area contributed by atoms with Crippen LogP contribution in [0.4, 0.5) is 5.13 Å². The molecule has 0 unspecified atom stereocenters. The summed E-state index contributed by atoms with van der Waals surface area (Å²) < 4.78 is 5.58. The lowest BCUT2D eigenvalue weighted by Crippen LogP contribution is -2.38. The van der Waals surface area contributed by atoms with E-state index in [2.05, 4.69) is 4.98 Å². The van der Waals surface area contributed by atoms with Gasteiger partial charge in [0.25, 0.3) is 5.91 Å². The quantitative estimate of drug-likeness (QED) is 0.854. The maximum absolute atomic E-state index is 12.2. The van der Waals surface area contributed by atoms with Gasteiger partial charge in [0.15, 0.2) is 11.2 Å². The molecule has 0 radical (unpaired) electrons. The highest BCUT2D eigenvalue weighted by Crippen LogP contribution is 2.28. The summed E-state index contributed by atoms with van der Waals surface area (Å²) in [6, 6.07) is 4.86. The topological polar surface area (TPSA) is 42.4 Å². The maximum Gasteiger partial charge on any atom is 0.269 e. The van der Waals surface area contributed by atoms with Gasteiger partial charge < -0.3 is 4.74 Å². The predicted molar refractivity (Wildman–Crippen MR) is 82.1 cm³/mol. The molecule has 1 heterocycles. The Kier molecular flexibility index (Phi) is 4.86. The van der Waals surface area contributed by atoms with Gasteiger partial charge in [0, 0.05) is 23.6 Å². The summed E-state index contributed by atoms with van der Waals surface area (Å²) in [5, 5.41) is 3.31. The fourth-order valence-corrected chi connectivity index (χ4v) is 2.63. The number of hydrogen-bond donors (Lipinski definition) is 0. The molecule has 2 rings (SSSR count). The number of benzene rings is 1. The molecule has 0 aliphatic rings. The lowest BCUT2D eigenvalue weighted by Gasteiger charge is -2.20. The Bertz CT molecular complexity index is 604. The average molecular weight is 331 g/mol. The van der Waals surface area contributed by atoms with Crippen LogP contribution in [0.1, 0.15) is 6.92 Å². The van der Waals surface area contributed by atoms with Crippen LogP contribution in [0.3, 0.4) is 0 Å². The number of anilines is 1. The molecule has 1 aromatic heterocycles. The van der Waals surface area contributed by atoms with Gasteiger partial charge in [0.2, 0.25) is 0 Å². The fraction of sp³-hybridized carbons (Fsp3) is 0.231. The molecule has 0 aliphatic carbocycles. The average Bonchev–Trinajstić information content (AvgIpc) is 2.94. The van der Waals surface area contributed by atoms with E-state index in [1.165, 1.54) is 16.2 Å². The summed E-state index contributed by atoms with van der Waals surface area (Å²) in [5.74, 6) is 0.218. The number of carbonyl (C=O) groups is 1. The van der Waals surface area contributed by atoms with Crippen molar-refractivity contribution in [3.8, 4) is 5.75 Å². The third kappa shape index (κ3) is 3.42. The van der Waals surface area contributed by atoms with Crippen molar-refractivity contribution < 1.29 is 9.53 Å². The number of aromatic nitrogens is 1. The van der Waals surface area contributed by atoms with Gasteiger partial charge >= 0.3 is 0 Å². The zero-order valence-electron chi connectivity index (χ0n) is 10.8. The summed E-state index contributed by atoms with van der Waals surface area (Å²) in [6.45, 7) is 1.66. The van der Waals surface area contributed by atoms with E-state index in [9.17, 15) is 4.79 Å². The number of nitrogens with zero attached hydrogens (tertiary/aromatic N) is 2. The maximum atomic E-state index is 12.2. The van der Waals surface area contributed by atoms with E-state index < -0.39 is 6.10 Å². The van der Waals surface area contributed by atoms with E-state index in [0.29, 0.717) is 20.9 Å². The molecular weight excluding hydrogens is 319 g/mol. The first-order valence-electron chi connectivity index (χ1n) is 5.78. The molecular formula is C13H12Cl2N2O2S. The first-order valence-corrected chi connectivity index (χ1v) is 7.41. The number of hydrogen-bond acceptors (Lipinski definition) is 4. The van der Waals surface area contributed by atoms with Gasteiger partial charge in [-0.15, -0.1) is 11.3 Å². The van der Waals surface area contributed by atoms with E-state index in [0.717, 1.165) is 0 Å². The summed E-state index contributed by atoms with van der Waals surface area (Å²) in [4.78, 5) is 17.8. The monoisotopic (exact) mass is 330 g/mol. The van der Waals surface area contributed by atoms with Crippen LogP contribution in [-0.4, -0.2) is 24.0 Å². The first kappa shape index (κ1) is 15.1. The van der Waals surface area contributed by atoms with E-state index in [-0.39, 0.29) is 5.91 Å². The molecule has 0 fully saturated rings. The number of ether oxygens (including phenoxy) is 1. The number of thiazole rings is 1. The molecule has 106 valence electrons. The molecule has 0 N–H and O–H groups in total. The SMILES string of the molecule is C[C@@H](Oc1ccc(Cl)cc1Cl)C(=O)N(C)c1nccs1. The van der Waals surface area contributed by atoms with E-state index in [1.807, 2.05) is 0 Å². The van der Waals surface area contributed by atoms with Gasteiger partial charge in [-0.2, -0.15) is 0 Å². The van der Waals surface area contributed by atoms with Crippen LogP contribution < -0.4 is 9.64 Å². The van der Waals surface area contributed by atoms with Gasteiger partial charge in [-0.1, -0.05) is 23.2 Å². The number of amides is 1. The number of likely N-dealkylation sites (N-methyl/N-ethyl adjacent to an activating group) is 1. The van der Waals surface area contributed by atoms with Crippen LogP contribution in [0.15, 0.2) is 29.8 Å². The summed E-state index contributed by atoms with van der Waals surface area (Å²) in [7, 11) is 1.66. The molecule has 0 bridgehead atoms. The second-order valence-electron chi connectivity index (χ2n) is 4.05. The highest BCUT2D eigenvalue weighted by Gasteiger charge is 2.22. The minimum atomic E-state index is -0.678. The van der Waals surface area contributed by atoms with Crippen LogP contribution in [-0.2, 0) is 4.79 Å². The van der Waals surface area contributed by atoms with E-state index in [1.54, 1.807) is 43.7 Å². The lowest BCUT2D eigenvalue weighted by molar-refractivity contribution is -0.124. The normalized spacial score (nSPS) is 12.0. The van der Waals surface area contributed by atoms with Crippen molar-refractivity contribution in [3.63, 3.8) is 0 Å². The predicted octanol–water partition coefficient (Wildman–Crippen LogP) is 3.88. The summed E-state index contributed by atoms with van der Waals surface area (Å²) >= 11 is 13.2. The molecule has 2 aromatic rings. The Morgan fingerprint density at radius 3 is 2.80 bits per heavy atom. The minimum absolute atomic E-state index is 0.203. The Morgan fingerprint density at radius 1 is 1.45 bits per heavy atom. The summed E-state index contributed by atoms with van der Waals surface area (Å²) in [6.07, 6.45) is 0.966. The molecule has 4 nitrogen and oxygen atoms in total. The summed E-state index contributed by atoms with van der Waals surface area (Å²) in [5.41, 5.74) is 0. The lowest BCUT2D eigenvalue weighted by atomic mass is 10.3. The van der Waals surface area contributed by atoms with Gasteiger partial charge in [0.05, 0.1) is 5.02 Å². The van der Waals surface area contributed by atoms with E-state index >= 15 is 0 Å². The second-order valence-corrected chi connectivity index (χ2v) is 5.76. The van der Waals surface area contributed by atoms with Gasteiger partial charge in [-0.3, -0.25) is 9.69 Å². The molecule has 0 saturated carbocycles. The van der Waals surface area contributed by atoms with Gasteiger partial charge in [-0.05, 0) is 25.1 Å². The van der Waals surface area contributed by atoms with Crippen molar-refractivity contribution in [2.24, 2.45) is 0 Å². The minimum Gasteiger partial charge on any atom is -0.479 e.